The number of rotatable bonds is 4. The SMILES string of the molecule is CCOC(=O)NN(C(=O)OCC)C1C=C[C@@H]2[C@H]1C=C(c1ccc(Cl)c(Cl)c1)N2C(C)=O. The fourth-order valence-corrected chi connectivity index (χ4v) is 4.09. The molecule has 1 unspecified atom stereocenters. The van der Waals surface area contributed by atoms with E-state index in [2.05, 4.69) is 5.43 Å². The van der Waals surface area contributed by atoms with Crippen molar-refractivity contribution in [2.75, 3.05) is 13.2 Å². The van der Waals surface area contributed by atoms with E-state index in [1.54, 1.807) is 43.0 Å². The Morgan fingerprint density at radius 2 is 1.81 bits per heavy atom. The molecule has 3 rings (SSSR count). The molecule has 166 valence electrons. The van der Waals surface area contributed by atoms with Crippen LogP contribution in [0.2, 0.25) is 10.0 Å². The third kappa shape index (κ3) is 4.65. The summed E-state index contributed by atoms with van der Waals surface area (Å²) in [7, 11) is 0. The zero-order valence-electron chi connectivity index (χ0n) is 17.3. The summed E-state index contributed by atoms with van der Waals surface area (Å²) in [4.78, 5) is 38.7. The van der Waals surface area contributed by atoms with E-state index in [9.17, 15) is 14.4 Å². The summed E-state index contributed by atoms with van der Waals surface area (Å²) >= 11 is 12.2. The molecule has 0 saturated heterocycles. The van der Waals surface area contributed by atoms with Gasteiger partial charge in [0.25, 0.3) is 0 Å². The Kier molecular flexibility index (Phi) is 7.12. The maximum Gasteiger partial charge on any atom is 0.429 e. The lowest BCUT2D eigenvalue weighted by atomic mass is 9.99. The zero-order chi connectivity index (χ0) is 22.7. The van der Waals surface area contributed by atoms with Crippen molar-refractivity contribution < 1.29 is 23.9 Å². The van der Waals surface area contributed by atoms with Gasteiger partial charge in [-0.15, -0.1) is 0 Å². The van der Waals surface area contributed by atoms with Crippen LogP contribution in [0.1, 0.15) is 26.3 Å². The number of hydrogen-bond donors (Lipinski definition) is 1. The molecule has 1 heterocycles. The number of hydrogen-bond acceptors (Lipinski definition) is 5. The molecule has 2 aliphatic rings. The van der Waals surface area contributed by atoms with Gasteiger partial charge in [0.1, 0.15) is 0 Å². The third-order valence-electron chi connectivity index (χ3n) is 5.01. The lowest BCUT2D eigenvalue weighted by molar-refractivity contribution is -0.126. The summed E-state index contributed by atoms with van der Waals surface area (Å²) in [6.45, 7) is 5.08. The molecular weight excluding hydrogens is 445 g/mol. The van der Waals surface area contributed by atoms with E-state index in [0.29, 0.717) is 21.3 Å². The van der Waals surface area contributed by atoms with Crippen LogP contribution in [0.15, 0.2) is 36.4 Å². The van der Waals surface area contributed by atoms with Gasteiger partial charge in [-0.05, 0) is 31.5 Å². The molecule has 1 N–H and O–H groups in total. The van der Waals surface area contributed by atoms with Crippen LogP contribution in [0.25, 0.3) is 5.70 Å². The van der Waals surface area contributed by atoms with E-state index in [1.165, 1.54) is 6.92 Å². The van der Waals surface area contributed by atoms with Crippen molar-refractivity contribution in [3.8, 4) is 0 Å². The maximum absolute atomic E-state index is 12.6. The Morgan fingerprint density at radius 3 is 2.42 bits per heavy atom. The molecule has 0 radical (unpaired) electrons. The number of carbonyl (C=O) groups excluding carboxylic acids is 3. The average Bonchev–Trinajstić information content (AvgIpc) is 3.28. The molecule has 10 heteroatoms. The first-order chi connectivity index (χ1) is 14.8. The second kappa shape index (κ2) is 9.62. The Labute approximate surface area is 190 Å². The molecule has 8 nitrogen and oxygen atoms in total. The molecule has 0 spiro atoms. The van der Waals surface area contributed by atoms with Crippen LogP contribution < -0.4 is 5.43 Å². The molecule has 0 saturated carbocycles. The average molecular weight is 468 g/mol. The van der Waals surface area contributed by atoms with Crippen molar-refractivity contribution in [1.29, 1.82) is 0 Å². The summed E-state index contributed by atoms with van der Waals surface area (Å²) in [6, 6.07) is 4.19. The predicted molar refractivity (Wildman–Crippen MR) is 116 cm³/mol. The van der Waals surface area contributed by atoms with E-state index in [-0.39, 0.29) is 31.1 Å². The third-order valence-corrected chi connectivity index (χ3v) is 5.75. The van der Waals surface area contributed by atoms with Crippen LogP contribution in [0.5, 0.6) is 0 Å². The molecule has 0 aromatic heterocycles. The van der Waals surface area contributed by atoms with Crippen LogP contribution in [0.4, 0.5) is 9.59 Å². The van der Waals surface area contributed by atoms with Gasteiger partial charge >= 0.3 is 12.2 Å². The second-order valence-corrected chi connectivity index (χ2v) is 7.73. The smallest absolute Gasteiger partial charge is 0.429 e. The van der Waals surface area contributed by atoms with E-state index < -0.39 is 18.2 Å². The van der Waals surface area contributed by atoms with E-state index in [4.69, 9.17) is 32.7 Å². The number of amides is 3. The Hall–Kier alpha value is -2.71. The maximum atomic E-state index is 12.6. The van der Waals surface area contributed by atoms with Crippen molar-refractivity contribution in [2.45, 2.75) is 32.9 Å². The van der Waals surface area contributed by atoms with E-state index in [0.717, 1.165) is 5.01 Å². The van der Waals surface area contributed by atoms with Crippen LogP contribution >= 0.6 is 23.2 Å². The molecule has 1 aromatic carbocycles. The number of hydrazine groups is 1. The van der Waals surface area contributed by atoms with Gasteiger partial charge in [-0.25, -0.2) is 20.0 Å². The normalized spacial score (nSPS) is 21.4. The highest BCUT2D eigenvalue weighted by Crippen LogP contribution is 2.42. The molecule has 3 atom stereocenters. The van der Waals surface area contributed by atoms with Crippen LogP contribution in [-0.4, -0.2) is 53.3 Å². The monoisotopic (exact) mass is 467 g/mol. The fourth-order valence-electron chi connectivity index (χ4n) is 3.79. The number of nitrogens with zero attached hydrogens (tertiary/aromatic N) is 2. The topological polar surface area (TPSA) is 88.2 Å². The quantitative estimate of drug-likeness (QED) is 0.528. The van der Waals surface area contributed by atoms with Gasteiger partial charge in [-0.3, -0.25) is 4.79 Å². The lowest BCUT2D eigenvalue weighted by Crippen LogP contribution is -2.54. The van der Waals surface area contributed by atoms with Gasteiger partial charge in [0.15, 0.2) is 0 Å². The summed E-state index contributed by atoms with van der Waals surface area (Å²) in [5.41, 5.74) is 3.81. The number of nitrogens with one attached hydrogen (secondary N) is 1. The largest absolute Gasteiger partial charge is 0.449 e. The number of halogens is 2. The minimum atomic E-state index is -0.775. The first-order valence-corrected chi connectivity index (χ1v) is 10.6. The minimum absolute atomic E-state index is 0.133. The molecule has 31 heavy (non-hydrogen) atoms. The summed E-state index contributed by atoms with van der Waals surface area (Å²) in [6.07, 6.45) is 3.97. The number of benzene rings is 1. The molecule has 3 amide bonds. The Morgan fingerprint density at radius 1 is 1.10 bits per heavy atom. The number of fused-ring (bicyclic) bond motifs is 1. The number of ether oxygens (including phenoxy) is 2. The van der Waals surface area contributed by atoms with Gasteiger partial charge < -0.3 is 14.4 Å². The fraction of sp³-hybridized carbons (Fsp3) is 0.381. The molecule has 0 fully saturated rings. The van der Waals surface area contributed by atoms with Crippen LogP contribution in [-0.2, 0) is 14.3 Å². The first kappa shape index (κ1) is 23.0. The van der Waals surface area contributed by atoms with Crippen LogP contribution in [0, 0.1) is 5.92 Å². The van der Waals surface area contributed by atoms with E-state index >= 15 is 0 Å². The van der Waals surface area contributed by atoms with Crippen LogP contribution in [0.3, 0.4) is 0 Å². The molecule has 0 bridgehead atoms. The lowest BCUT2D eigenvalue weighted by Gasteiger charge is -2.31. The van der Waals surface area contributed by atoms with Crippen molar-refractivity contribution in [1.82, 2.24) is 15.3 Å². The minimum Gasteiger partial charge on any atom is -0.449 e. The predicted octanol–water partition coefficient (Wildman–Crippen LogP) is 4.24. The van der Waals surface area contributed by atoms with Gasteiger partial charge in [0, 0.05) is 18.5 Å². The highest BCUT2D eigenvalue weighted by Gasteiger charge is 2.46. The molecule has 1 aliphatic heterocycles. The zero-order valence-corrected chi connectivity index (χ0v) is 18.8. The van der Waals surface area contributed by atoms with Gasteiger partial charge in [-0.2, -0.15) is 0 Å². The molecular formula is C21H23Cl2N3O5. The van der Waals surface area contributed by atoms with Crippen molar-refractivity contribution in [3.63, 3.8) is 0 Å². The van der Waals surface area contributed by atoms with Crippen molar-refractivity contribution in [3.05, 3.63) is 52.0 Å². The second-order valence-electron chi connectivity index (χ2n) is 6.91. The van der Waals surface area contributed by atoms with Gasteiger partial charge in [0.2, 0.25) is 5.91 Å². The van der Waals surface area contributed by atoms with Gasteiger partial charge in [-0.1, -0.05) is 47.5 Å². The highest BCUT2D eigenvalue weighted by atomic mass is 35.5. The first-order valence-electron chi connectivity index (χ1n) is 9.83. The summed E-state index contributed by atoms with van der Waals surface area (Å²) < 4.78 is 10.0. The Balaban J connectivity index is 1.96. The standard InChI is InChI=1S/C21H23Cl2N3O5/c1-4-30-20(28)24-26(21(29)31-5-2)18-9-8-17-14(18)11-19(25(17)12(3)27)13-6-7-15(22)16(23)10-13/h6-11,14,17-18H,4-5H2,1-3H3,(H,24,28)/t14-,17-,18?/m1/s1. The summed E-state index contributed by atoms with van der Waals surface area (Å²) in [5.74, 6) is -0.490. The van der Waals surface area contributed by atoms with Crippen molar-refractivity contribution in [2.24, 2.45) is 5.92 Å². The number of carbonyl (C=O) groups is 3. The summed E-state index contributed by atoms with van der Waals surface area (Å²) in [5, 5.41) is 1.86. The molecule has 1 aliphatic carbocycles. The Bertz CT molecular complexity index is 949. The van der Waals surface area contributed by atoms with Crippen molar-refractivity contribution >= 4 is 47.0 Å². The van der Waals surface area contributed by atoms with Gasteiger partial charge in [0.05, 0.1) is 35.3 Å². The highest BCUT2D eigenvalue weighted by molar-refractivity contribution is 6.42. The van der Waals surface area contributed by atoms with E-state index in [1.807, 2.05) is 12.2 Å². The molecule has 1 aromatic rings.